The van der Waals surface area contributed by atoms with E-state index in [-0.39, 0.29) is 128 Å². The molecule has 0 amide bonds. The summed E-state index contributed by atoms with van der Waals surface area (Å²) in [7, 11) is 0. The number of halogens is 3. The van der Waals surface area contributed by atoms with Crippen LogP contribution >= 0.6 is 34.2 Å². The molecule has 1 aliphatic rings. The molecule has 1 fully saturated rings. The molecular formula is C68H80ClI2NaO20. The molecule has 0 aromatic heterocycles. The number of hydrogen-bond donors (Lipinski definition) is 1. The Morgan fingerprint density at radius 3 is 1.10 bits per heavy atom. The first-order valence-electron chi connectivity index (χ1n) is 28.5. The van der Waals surface area contributed by atoms with E-state index in [2.05, 4.69) is 72.4 Å². The molecule has 2 atom stereocenters. The van der Waals surface area contributed by atoms with Gasteiger partial charge in [-0.25, -0.2) is 14.4 Å². The summed E-state index contributed by atoms with van der Waals surface area (Å²) in [5, 5.41) is 8.05. The van der Waals surface area contributed by atoms with E-state index < -0.39 is 59.3 Å². The molecule has 1 saturated heterocycles. The molecule has 0 bridgehead atoms. The Morgan fingerprint density at radius 2 is 0.772 bits per heavy atom. The summed E-state index contributed by atoms with van der Waals surface area (Å²) in [6.45, 7) is 15.9. The van der Waals surface area contributed by atoms with Crippen LogP contribution in [0.1, 0.15) is 162 Å². The van der Waals surface area contributed by atoms with Gasteiger partial charge in [0.15, 0.2) is 18.9 Å². The molecule has 92 heavy (non-hydrogen) atoms. The second kappa shape index (κ2) is 52.8. The number of esters is 7. The number of alkyl halides is 1. The number of allylic oxidation sites excluding steroid dienone is 12. The molecule has 0 aliphatic carbocycles. The molecule has 1 heterocycles. The van der Waals surface area contributed by atoms with Crippen molar-refractivity contribution in [3.8, 4) is 23.0 Å². The number of aromatic carboxylic acids is 1. The van der Waals surface area contributed by atoms with E-state index in [9.17, 15) is 43.2 Å². The van der Waals surface area contributed by atoms with Crippen molar-refractivity contribution in [2.45, 2.75) is 150 Å². The molecule has 1 N–H and O–H groups in total. The number of rotatable bonds is 25. The van der Waals surface area contributed by atoms with Crippen molar-refractivity contribution in [3.63, 3.8) is 0 Å². The number of carbonyl (C=O) groups is 9. The normalized spacial score (nSPS) is 14.5. The van der Waals surface area contributed by atoms with Crippen LogP contribution in [0.4, 0.5) is 0 Å². The fourth-order valence-electron chi connectivity index (χ4n) is 6.96. The van der Waals surface area contributed by atoms with Gasteiger partial charge in [0.2, 0.25) is 6.29 Å². The monoisotopic (exact) mass is 1530 g/mol. The summed E-state index contributed by atoms with van der Waals surface area (Å²) < 4.78 is 49.8. The first kappa shape index (κ1) is 87.4. The van der Waals surface area contributed by atoms with Crippen LogP contribution in [0.2, 0.25) is 0 Å². The molecule has 4 aromatic rings. The summed E-state index contributed by atoms with van der Waals surface area (Å²) in [6, 6.07) is 25.0. The van der Waals surface area contributed by atoms with Gasteiger partial charge < -0.3 is 76.5 Å². The van der Waals surface area contributed by atoms with Crippen molar-refractivity contribution >= 4 is 87.2 Å². The first-order chi connectivity index (χ1) is 42.8. The molecule has 4 aromatic carbocycles. The van der Waals surface area contributed by atoms with Gasteiger partial charge in [0, 0.05) is 41.0 Å². The Morgan fingerprint density at radius 1 is 0.478 bits per heavy atom. The van der Waals surface area contributed by atoms with Gasteiger partial charge in [0.25, 0.3) is 5.24 Å². The van der Waals surface area contributed by atoms with Crippen molar-refractivity contribution in [3.05, 3.63) is 192 Å². The third kappa shape index (κ3) is 43.3. The second-order valence-electron chi connectivity index (χ2n) is 18.4. The number of carboxylic acids is 1. The zero-order chi connectivity index (χ0) is 67.2. The topological polar surface area (TPSA) is 266 Å². The standard InChI is InChI=1S/C33H42O6.C11H11IO4.C9H7ClO3.C9H8O4.C6H12O3.HI.Na/c1-4-5-6-7-8-9-10-11-12-13-14-15-16-17-18-19-20-21-22-27-32(35)38-29(3)39-33(36)30-25-23-24-26-31(30)37-28(2)34;1-7(12)15-11(14)9-5-3-4-6-10(9)16-8(2)13;1-6(11)13-8-5-3-2-4-7(8)9(10)12;1-6(10)13-8-5-3-2-4-7(8)9(11)12;1-4-7-5(2)9-6(3)8-4;;/h5-6,8-9,11-12,14-15,17-18,20-21,23-26,29H,4,7,10,13,16,19,22,27H2,1-3H3;3-7H,1-2H3;2-5H,1H3;2-5H,1H3,(H,11,12);4-6H,1-3H3;1H;/q;;;;;;+1/p-1/b6-5-,9-8-,12-11-,15-14-,18-17-,21-20-;;;;;;. The van der Waals surface area contributed by atoms with Crippen molar-refractivity contribution in [2.24, 2.45) is 0 Å². The molecule has 20 nitrogen and oxygen atoms in total. The second-order valence-corrected chi connectivity index (χ2v) is 20.5. The van der Waals surface area contributed by atoms with E-state index in [0.29, 0.717) is 6.42 Å². The summed E-state index contributed by atoms with van der Waals surface area (Å²) in [5.41, 5.74) is 0.506. The molecule has 5 rings (SSSR count). The van der Waals surface area contributed by atoms with Crippen molar-refractivity contribution in [2.75, 3.05) is 0 Å². The Bertz CT molecular complexity index is 3010. The average molecular weight is 1530 g/mol. The zero-order valence-corrected chi connectivity index (χ0v) is 60.6. The van der Waals surface area contributed by atoms with Crippen LogP contribution in [-0.2, 0) is 52.4 Å². The van der Waals surface area contributed by atoms with Crippen LogP contribution in [0.3, 0.4) is 0 Å². The number of benzene rings is 4. The van der Waals surface area contributed by atoms with Crippen LogP contribution in [0.25, 0.3) is 0 Å². The Hall–Kier alpha value is -6.62. The molecule has 2 unspecified atom stereocenters. The van der Waals surface area contributed by atoms with Crippen LogP contribution in [-0.4, -0.2) is 87.4 Å². The predicted molar refractivity (Wildman–Crippen MR) is 347 cm³/mol. The number of ether oxygens (including phenoxy) is 10. The van der Waals surface area contributed by atoms with Crippen molar-refractivity contribution in [1.82, 2.24) is 0 Å². The van der Waals surface area contributed by atoms with Crippen LogP contribution in [0.5, 0.6) is 23.0 Å². The van der Waals surface area contributed by atoms with Crippen LogP contribution in [0, 0.1) is 0 Å². The van der Waals surface area contributed by atoms with Crippen molar-refractivity contribution < 1.29 is 149 Å². The van der Waals surface area contributed by atoms with E-state index in [1.807, 2.05) is 55.5 Å². The van der Waals surface area contributed by atoms with Gasteiger partial charge in [-0.2, -0.15) is 0 Å². The van der Waals surface area contributed by atoms with Gasteiger partial charge in [-0.1, -0.05) is 128 Å². The fourth-order valence-corrected chi connectivity index (χ4v) is 7.35. The maximum atomic E-state index is 12.3. The minimum absolute atomic E-state index is 0. The molecule has 494 valence electrons. The third-order valence-corrected chi connectivity index (χ3v) is 11.0. The van der Waals surface area contributed by atoms with Gasteiger partial charge in [0.05, 0.1) is 5.56 Å². The molecular weight excluding hydrogens is 1450 g/mol. The molecule has 0 saturated carbocycles. The number of carboxylic acid groups (broad SMARTS) is 1. The summed E-state index contributed by atoms with van der Waals surface area (Å²) in [5.74, 6) is -4.30. The number of hydrogen-bond acceptors (Lipinski definition) is 19. The maximum absolute atomic E-state index is 12.3. The largest absolute Gasteiger partial charge is 1.00 e. The fraction of sp³-hybridized carbons (Fsp3) is 0.338. The molecule has 0 spiro atoms. The summed E-state index contributed by atoms with van der Waals surface area (Å²) in [4.78, 5) is 101. The number of para-hydroxylation sites is 4. The minimum atomic E-state index is -1.11. The average Bonchev–Trinajstić information content (AvgIpc) is 1.02. The Balaban J connectivity index is 0. The molecule has 24 heteroatoms. The first-order valence-corrected chi connectivity index (χ1v) is 30.1. The van der Waals surface area contributed by atoms with Gasteiger partial charge in [0.1, 0.15) is 43.8 Å². The van der Waals surface area contributed by atoms with E-state index in [4.69, 9.17) is 59.3 Å². The smallest absolute Gasteiger partial charge is 1.00 e. The summed E-state index contributed by atoms with van der Waals surface area (Å²) in [6.07, 6.45) is 30.4. The summed E-state index contributed by atoms with van der Waals surface area (Å²) >= 11 is 7.23. The van der Waals surface area contributed by atoms with Gasteiger partial charge in [-0.05, 0) is 155 Å². The maximum Gasteiger partial charge on any atom is 1.00 e. The SMILES string of the molecule is CC(=O)Oc1ccccc1C(=O)Cl.CC(=O)Oc1ccccc1C(=O)O.CC(=O)Oc1ccccc1C(=O)OC(C)I.CC/C=C\C/C=C\C/C=C\C/C=C\C/C=C\C/C=C\CCC(=O)OC(C)OC(=O)c1ccccc1OC(C)=O.CC1OC(C)OC(C)O1.[I-].[Na+]. The van der Waals surface area contributed by atoms with E-state index in [1.54, 1.807) is 67.6 Å². The van der Waals surface area contributed by atoms with Crippen LogP contribution < -0.4 is 72.5 Å². The van der Waals surface area contributed by atoms with Gasteiger partial charge in [-0.3, -0.25) is 28.8 Å². The molecule has 0 radical (unpaired) electrons. The van der Waals surface area contributed by atoms with E-state index in [0.717, 1.165) is 38.5 Å². The van der Waals surface area contributed by atoms with Crippen LogP contribution in [0.15, 0.2) is 170 Å². The number of carbonyl (C=O) groups excluding carboxylic acids is 8. The van der Waals surface area contributed by atoms with Gasteiger partial charge >= 0.3 is 77.3 Å². The zero-order valence-electron chi connectivity index (χ0n) is 53.5. The quantitative estimate of drug-likeness (QED) is 0.00947. The molecule has 1 aliphatic heterocycles. The predicted octanol–water partition coefficient (Wildman–Crippen LogP) is 9.08. The van der Waals surface area contributed by atoms with E-state index in [1.165, 1.54) is 71.0 Å². The Kier molecular flexibility index (Phi) is 50.2. The van der Waals surface area contributed by atoms with Gasteiger partial charge in [-0.15, -0.1) is 0 Å². The van der Waals surface area contributed by atoms with E-state index >= 15 is 0 Å². The Labute approximate surface area is 596 Å². The minimum Gasteiger partial charge on any atom is -1.00 e. The van der Waals surface area contributed by atoms with Crippen molar-refractivity contribution in [1.29, 1.82) is 0 Å². The third-order valence-electron chi connectivity index (χ3n) is 10.5.